The van der Waals surface area contributed by atoms with Crippen molar-refractivity contribution in [1.29, 1.82) is 0 Å². The number of methoxy groups -OCH3 is 1. The molecule has 0 spiro atoms. The number of benzene rings is 1. The number of amides is 1. The molecule has 0 atom stereocenters. The van der Waals surface area contributed by atoms with Crippen molar-refractivity contribution in [2.45, 2.75) is 38.4 Å². The summed E-state index contributed by atoms with van der Waals surface area (Å²) in [5, 5.41) is 12.0. The van der Waals surface area contributed by atoms with E-state index in [0.717, 1.165) is 30.4 Å². The van der Waals surface area contributed by atoms with Crippen LogP contribution >= 0.6 is 11.8 Å². The van der Waals surface area contributed by atoms with E-state index in [1.807, 2.05) is 24.3 Å². The Morgan fingerprint density at radius 1 is 1.30 bits per heavy atom. The van der Waals surface area contributed by atoms with Crippen LogP contribution in [0.25, 0.3) is 0 Å². The molecule has 1 amide bonds. The maximum absolute atomic E-state index is 12.2. The number of para-hydroxylation sites is 2. The first-order valence-corrected chi connectivity index (χ1v) is 8.65. The molecule has 0 aliphatic carbocycles. The smallest absolute Gasteiger partial charge is 0.234 e. The van der Waals surface area contributed by atoms with E-state index in [2.05, 4.69) is 33.9 Å². The number of anilines is 1. The fourth-order valence-corrected chi connectivity index (χ4v) is 2.98. The Kier molecular flexibility index (Phi) is 6.46. The van der Waals surface area contributed by atoms with Crippen LogP contribution in [0.2, 0.25) is 0 Å². The van der Waals surface area contributed by atoms with Gasteiger partial charge in [-0.05, 0) is 18.6 Å². The standard InChI is InChI=1S/C16H22N4O2S/c1-4-10-20-14(5-2)18-19-16(20)23-11-15(21)17-12-8-6-7-9-13(12)22-3/h6-9H,4-5,10-11H2,1-3H3,(H,17,21). The van der Waals surface area contributed by atoms with E-state index >= 15 is 0 Å². The Labute approximate surface area is 140 Å². The van der Waals surface area contributed by atoms with E-state index < -0.39 is 0 Å². The second-order valence-electron chi connectivity index (χ2n) is 4.94. The first-order chi connectivity index (χ1) is 11.2. The third kappa shape index (κ3) is 4.48. The van der Waals surface area contributed by atoms with Crippen LogP contribution in [0.15, 0.2) is 29.4 Å². The van der Waals surface area contributed by atoms with Crippen LogP contribution in [0.5, 0.6) is 5.75 Å². The molecule has 124 valence electrons. The number of hydrogen-bond donors (Lipinski definition) is 1. The lowest BCUT2D eigenvalue weighted by Gasteiger charge is -2.10. The quantitative estimate of drug-likeness (QED) is 0.752. The van der Waals surface area contributed by atoms with Crippen molar-refractivity contribution in [2.24, 2.45) is 0 Å². The molecule has 0 radical (unpaired) electrons. The van der Waals surface area contributed by atoms with Crippen molar-refractivity contribution >= 4 is 23.4 Å². The minimum atomic E-state index is -0.0939. The molecule has 7 heteroatoms. The highest BCUT2D eigenvalue weighted by atomic mass is 32.2. The van der Waals surface area contributed by atoms with E-state index in [1.54, 1.807) is 7.11 Å². The number of nitrogens with one attached hydrogen (secondary N) is 1. The monoisotopic (exact) mass is 334 g/mol. The van der Waals surface area contributed by atoms with Crippen molar-refractivity contribution < 1.29 is 9.53 Å². The molecular formula is C16H22N4O2S. The number of nitrogens with zero attached hydrogens (tertiary/aromatic N) is 3. The molecule has 2 aromatic rings. The molecular weight excluding hydrogens is 312 g/mol. The summed E-state index contributed by atoms with van der Waals surface area (Å²) in [6.07, 6.45) is 1.84. The fraction of sp³-hybridized carbons (Fsp3) is 0.438. The van der Waals surface area contributed by atoms with E-state index in [0.29, 0.717) is 11.4 Å². The van der Waals surface area contributed by atoms with Gasteiger partial charge >= 0.3 is 0 Å². The number of ether oxygens (including phenoxy) is 1. The van der Waals surface area contributed by atoms with Gasteiger partial charge in [0.25, 0.3) is 0 Å². The first-order valence-electron chi connectivity index (χ1n) is 7.67. The van der Waals surface area contributed by atoms with Crippen molar-refractivity contribution in [3.8, 4) is 5.75 Å². The van der Waals surface area contributed by atoms with Gasteiger partial charge in [-0.3, -0.25) is 4.79 Å². The van der Waals surface area contributed by atoms with Crippen LogP contribution in [0.4, 0.5) is 5.69 Å². The van der Waals surface area contributed by atoms with Gasteiger partial charge in [-0.25, -0.2) is 0 Å². The number of carbonyl (C=O) groups is 1. The highest BCUT2D eigenvalue weighted by molar-refractivity contribution is 7.99. The van der Waals surface area contributed by atoms with Crippen molar-refractivity contribution in [3.05, 3.63) is 30.1 Å². The van der Waals surface area contributed by atoms with Crippen LogP contribution in [-0.4, -0.2) is 33.5 Å². The predicted octanol–water partition coefficient (Wildman–Crippen LogP) is 2.99. The third-order valence-corrected chi connectivity index (χ3v) is 4.24. The van der Waals surface area contributed by atoms with Gasteiger partial charge in [0.2, 0.25) is 5.91 Å². The van der Waals surface area contributed by atoms with Crippen molar-refractivity contribution in [3.63, 3.8) is 0 Å². The van der Waals surface area contributed by atoms with E-state index in [9.17, 15) is 4.79 Å². The average Bonchev–Trinajstić information content (AvgIpc) is 2.96. The fourth-order valence-electron chi connectivity index (χ4n) is 2.20. The lowest BCUT2D eigenvalue weighted by atomic mass is 10.3. The normalized spacial score (nSPS) is 10.6. The number of hydrogen-bond acceptors (Lipinski definition) is 5. The van der Waals surface area contributed by atoms with E-state index in [-0.39, 0.29) is 11.7 Å². The highest BCUT2D eigenvalue weighted by Crippen LogP contribution is 2.24. The third-order valence-electron chi connectivity index (χ3n) is 3.27. The van der Waals surface area contributed by atoms with Crippen LogP contribution in [0.1, 0.15) is 26.1 Å². The molecule has 6 nitrogen and oxygen atoms in total. The minimum absolute atomic E-state index is 0.0939. The highest BCUT2D eigenvalue weighted by Gasteiger charge is 2.13. The summed E-state index contributed by atoms with van der Waals surface area (Å²) in [5.74, 6) is 1.79. The topological polar surface area (TPSA) is 69.0 Å². The average molecular weight is 334 g/mol. The van der Waals surface area contributed by atoms with Gasteiger partial charge in [0.05, 0.1) is 18.6 Å². The van der Waals surface area contributed by atoms with Gasteiger partial charge in [-0.15, -0.1) is 10.2 Å². The molecule has 1 N–H and O–H groups in total. The van der Waals surface area contributed by atoms with Crippen LogP contribution in [0.3, 0.4) is 0 Å². The zero-order chi connectivity index (χ0) is 16.7. The molecule has 0 unspecified atom stereocenters. The van der Waals surface area contributed by atoms with Gasteiger partial charge in [0.1, 0.15) is 11.6 Å². The SMILES string of the molecule is CCCn1c(CC)nnc1SCC(=O)Nc1ccccc1OC. The number of aryl methyl sites for hydroxylation is 1. The molecule has 0 aliphatic rings. The largest absolute Gasteiger partial charge is 0.495 e. The number of carbonyl (C=O) groups excluding carboxylic acids is 1. The second kappa shape index (κ2) is 8.57. The summed E-state index contributed by atoms with van der Waals surface area (Å²) in [4.78, 5) is 12.2. The Morgan fingerprint density at radius 3 is 2.78 bits per heavy atom. The van der Waals surface area contributed by atoms with E-state index in [1.165, 1.54) is 11.8 Å². The lowest BCUT2D eigenvalue weighted by Crippen LogP contribution is -2.15. The molecule has 1 aromatic carbocycles. The van der Waals surface area contributed by atoms with Gasteiger partial charge < -0.3 is 14.6 Å². The molecule has 23 heavy (non-hydrogen) atoms. The molecule has 2 rings (SSSR count). The lowest BCUT2D eigenvalue weighted by molar-refractivity contribution is -0.113. The van der Waals surface area contributed by atoms with Gasteiger partial charge in [-0.2, -0.15) is 0 Å². The minimum Gasteiger partial charge on any atom is -0.495 e. The van der Waals surface area contributed by atoms with Crippen LogP contribution in [-0.2, 0) is 17.8 Å². The summed E-state index contributed by atoms with van der Waals surface area (Å²) >= 11 is 1.40. The summed E-state index contributed by atoms with van der Waals surface area (Å²) in [7, 11) is 1.58. The van der Waals surface area contributed by atoms with Crippen LogP contribution < -0.4 is 10.1 Å². The summed E-state index contributed by atoms with van der Waals surface area (Å²) in [6, 6.07) is 7.35. The zero-order valence-corrected chi connectivity index (χ0v) is 14.5. The second-order valence-corrected chi connectivity index (χ2v) is 5.88. The molecule has 0 bridgehead atoms. The Balaban J connectivity index is 1.98. The maximum Gasteiger partial charge on any atom is 0.234 e. The number of thioether (sulfide) groups is 1. The summed E-state index contributed by atoms with van der Waals surface area (Å²) in [5.41, 5.74) is 0.671. The molecule has 0 fully saturated rings. The Hall–Kier alpha value is -2.02. The van der Waals surface area contributed by atoms with Gasteiger partial charge in [0.15, 0.2) is 5.16 Å². The van der Waals surface area contributed by atoms with E-state index in [4.69, 9.17) is 4.74 Å². The van der Waals surface area contributed by atoms with Gasteiger partial charge in [0, 0.05) is 13.0 Å². The Bertz CT molecular complexity index is 657. The zero-order valence-electron chi connectivity index (χ0n) is 13.7. The molecule has 0 aliphatic heterocycles. The predicted molar refractivity (Wildman–Crippen MR) is 92.0 cm³/mol. The molecule has 0 saturated carbocycles. The molecule has 1 heterocycles. The molecule has 1 aromatic heterocycles. The van der Waals surface area contributed by atoms with Gasteiger partial charge in [-0.1, -0.05) is 37.7 Å². The number of aromatic nitrogens is 3. The summed E-state index contributed by atoms with van der Waals surface area (Å²) in [6.45, 7) is 5.04. The van der Waals surface area contributed by atoms with Crippen molar-refractivity contribution in [2.75, 3.05) is 18.2 Å². The number of rotatable bonds is 8. The maximum atomic E-state index is 12.2. The van der Waals surface area contributed by atoms with Crippen LogP contribution in [0, 0.1) is 0 Å². The van der Waals surface area contributed by atoms with Crippen molar-refractivity contribution in [1.82, 2.24) is 14.8 Å². The molecule has 0 saturated heterocycles. The summed E-state index contributed by atoms with van der Waals surface area (Å²) < 4.78 is 7.31. The first kappa shape index (κ1) is 17.3. The Morgan fingerprint density at radius 2 is 2.09 bits per heavy atom.